The lowest BCUT2D eigenvalue weighted by Gasteiger charge is -2.23. The molecule has 0 aromatic heterocycles. The number of carboxylic acid groups (broad SMARTS) is 1. The van der Waals surface area contributed by atoms with Gasteiger partial charge in [-0.2, -0.15) is 0 Å². The van der Waals surface area contributed by atoms with Crippen LogP contribution in [-0.2, 0) is 16.1 Å². The highest BCUT2D eigenvalue weighted by molar-refractivity contribution is 5.83. The summed E-state index contributed by atoms with van der Waals surface area (Å²) in [4.78, 5) is 22.5. The van der Waals surface area contributed by atoms with Crippen LogP contribution in [0.1, 0.15) is 25.8 Å². The molecule has 1 rings (SSSR count). The fourth-order valence-corrected chi connectivity index (χ4v) is 1.28. The molecule has 98 valence electrons. The summed E-state index contributed by atoms with van der Waals surface area (Å²) in [5, 5.41) is 11.3. The maximum atomic E-state index is 11.5. The molecule has 0 aliphatic carbocycles. The largest absolute Gasteiger partial charge is 0.480 e. The van der Waals surface area contributed by atoms with Gasteiger partial charge >= 0.3 is 12.1 Å². The first-order valence-electron chi connectivity index (χ1n) is 5.70. The van der Waals surface area contributed by atoms with Crippen LogP contribution < -0.4 is 5.32 Å². The Kier molecular flexibility index (Phi) is 4.71. The van der Waals surface area contributed by atoms with E-state index in [9.17, 15) is 9.59 Å². The number of carbonyl (C=O) groups is 2. The van der Waals surface area contributed by atoms with Gasteiger partial charge in [-0.3, -0.25) is 0 Å². The van der Waals surface area contributed by atoms with Crippen molar-refractivity contribution in [3.05, 3.63) is 35.9 Å². The van der Waals surface area contributed by atoms with Crippen molar-refractivity contribution in [1.82, 2.24) is 5.32 Å². The molecule has 5 heteroatoms. The number of alkyl carbamates (subject to hydrolysis) is 1. The van der Waals surface area contributed by atoms with Crippen LogP contribution in [-0.4, -0.2) is 22.7 Å². The summed E-state index contributed by atoms with van der Waals surface area (Å²) in [7, 11) is 0. The average molecular weight is 251 g/mol. The molecule has 1 aromatic carbocycles. The molecular weight excluding hydrogens is 234 g/mol. The van der Waals surface area contributed by atoms with Gasteiger partial charge in [-0.1, -0.05) is 37.3 Å². The third kappa shape index (κ3) is 3.76. The first kappa shape index (κ1) is 14.0. The van der Waals surface area contributed by atoms with Crippen molar-refractivity contribution in [3.63, 3.8) is 0 Å². The van der Waals surface area contributed by atoms with Crippen LogP contribution >= 0.6 is 0 Å². The predicted molar refractivity (Wildman–Crippen MR) is 66.1 cm³/mol. The van der Waals surface area contributed by atoms with Crippen LogP contribution in [0.25, 0.3) is 0 Å². The molecule has 0 fully saturated rings. The molecular formula is C13H17NO4. The van der Waals surface area contributed by atoms with E-state index in [0.29, 0.717) is 0 Å². The molecule has 1 atom stereocenters. The minimum Gasteiger partial charge on any atom is -0.480 e. The fraction of sp³-hybridized carbons (Fsp3) is 0.385. The van der Waals surface area contributed by atoms with Crippen LogP contribution in [0.4, 0.5) is 4.79 Å². The van der Waals surface area contributed by atoms with Crippen LogP contribution in [0.2, 0.25) is 0 Å². The van der Waals surface area contributed by atoms with Crippen molar-refractivity contribution in [1.29, 1.82) is 0 Å². The smallest absolute Gasteiger partial charge is 0.408 e. The van der Waals surface area contributed by atoms with E-state index in [-0.39, 0.29) is 13.0 Å². The summed E-state index contributed by atoms with van der Waals surface area (Å²) in [6, 6.07) is 9.18. The van der Waals surface area contributed by atoms with Crippen molar-refractivity contribution in [3.8, 4) is 0 Å². The lowest BCUT2D eigenvalue weighted by molar-refractivity contribution is -0.144. The van der Waals surface area contributed by atoms with Gasteiger partial charge in [0, 0.05) is 0 Å². The Hall–Kier alpha value is -2.04. The van der Waals surface area contributed by atoms with E-state index < -0.39 is 17.6 Å². The quantitative estimate of drug-likeness (QED) is 0.840. The van der Waals surface area contributed by atoms with Gasteiger partial charge < -0.3 is 15.2 Å². The Morgan fingerprint density at radius 1 is 1.33 bits per heavy atom. The summed E-state index contributed by atoms with van der Waals surface area (Å²) in [6.45, 7) is 3.25. The van der Waals surface area contributed by atoms with Gasteiger partial charge in [0.15, 0.2) is 0 Å². The Morgan fingerprint density at radius 3 is 2.44 bits per heavy atom. The number of nitrogens with one attached hydrogen (secondary N) is 1. The zero-order valence-electron chi connectivity index (χ0n) is 10.5. The molecule has 0 saturated carbocycles. The molecule has 5 nitrogen and oxygen atoms in total. The molecule has 0 aliphatic rings. The average Bonchev–Trinajstić information content (AvgIpc) is 2.37. The summed E-state index contributed by atoms with van der Waals surface area (Å²) in [6.07, 6.45) is -0.450. The molecule has 0 radical (unpaired) electrons. The molecule has 1 aromatic rings. The molecule has 0 aliphatic heterocycles. The first-order chi connectivity index (χ1) is 8.48. The van der Waals surface area contributed by atoms with Gasteiger partial charge in [0.05, 0.1) is 0 Å². The van der Waals surface area contributed by atoms with Gasteiger partial charge in [0.25, 0.3) is 0 Å². The topological polar surface area (TPSA) is 75.6 Å². The second kappa shape index (κ2) is 6.05. The molecule has 0 heterocycles. The summed E-state index contributed by atoms with van der Waals surface area (Å²) >= 11 is 0. The van der Waals surface area contributed by atoms with Crippen molar-refractivity contribution < 1.29 is 19.4 Å². The minimum atomic E-state index is -1.30. The van der Waals surface area contributed by atoms with Crippen LogP contribution in [0.3, 0.4) is 0 Å². The Labute approximate surface area is 106 Å². The Balaban J connectivity index is 2.49. The Morgan fingerprint density at radius 2 is 1.94 bits per heavy atom. The van der Waals surface area contributed by atoms with Crippen molar-refractivity contribution in [2.24, 2.45) is 0 Å². The van der Waals surface area contributed by atoms with Gasteiger partial charge in [-0.25, -0.2) is 9.59 Å². The van der Waals surface area contributed by atoms with E-state index in [4.69, 9.17) is 9.84 Å². The molecule has 0 spiro atoms. The van der Waals surface area contributed by atoms with Gasteiger partial charge in [0.1, 0.15) is 12.1 Å². The molecule has 2 N–H and O–H groups in total. The maximum Gasteiger partial charge on any atom is 0.408 e. The van der Waals surface area contributed by atoms with Crippen molar-refractivity contribution in [2.75, 3.05) is 0 Å². The molecule has 0 bridgehead atoms. The highest BCUT2D eigenvalue weighted by atomic mass is 16.5. The standard InChI is InChI=1S/C13H17NO4/c1-3-13(2,11(15)16)14-12(17)18-9-10-7-5-4-6-8-10/h4-8H,3,9H2,1-2H3,(H,14,17)(H,15,16)/t13-/m1/s1. The summed E-state index contributed by atoms with van der Waals surface area (Å²) < 4.78 is 4.96. The number of aliphatic carboxylic acids is 1. The second-order valence-electron chi connectivity index (χ2n) is 4.18. The highest BCUT2D eigenvalue weighted by Crippen LogP contribution is 2.10. The van der Waals surface area contributed by atoms with Gasteiger partial charge in [-0.05, 0) is 18.9 Å². The number of hydrogen-bond donors (Lipinski definition) is 2. The number of amides is 1. The van der Waals surface area contributed by atoms with E-state index >= 15 is 0 Å². The molecule has 0 unspecified atom stereocenters. The van der Waals surface area contributed by atoms with Crippen LogP contribution in [0.5, 0.6) is 0 Å². The first-order valence-corrected chi connectivity index (χ1v) is 5.70. The predicted octanol–water partition coefficient (Wildman–Crippen LogP) is 2.17. The van der Waals surface area contributed by atoms with Crippen molar-refractivity contribution in [2.45, 2.75) is 32.4 Å². The number of carbonyl (C=O) groups excluding carboxylic acids is 1. The highest BCUT2D eigenvalue weighted by Gasteiger charge is 2.33. The van der Waals surface area contributed by atoms with E-state index in [2.05, 4.69) is 5.32 Å². The summed E-state index contributed by atoms with van der Waals surface area (Å²) in [5.74, 6) is -1.08. The van der Waals surface area contributed by atoms with E-state index in [1.807, 2.05) is 30.3 Å². The number of rotatable bonds is 5. The minimum absolute atomic E-state index is 0.117. The third-order valence-electron chi connectivity index (χ3n) is 2.77. The van der Waals surface area contributed by atoms with Crippen molar-refractivity contribution >= 4 is 12.1 Å². The SMILES string of the molecule is CC[C@@](C)(NC(=O)OCc1ccccc1)C(=O)O. The third-order valence-corrected chi connectivity index (χ3v) is 2.77. The van der Waals surface area contributed by atoms with Crippen LogP contribution in [0.15, 0.2) is 30.3 Å². The molecule has 1 amide bonds. The van der Waals surface area contributed by atoms with Gasteiger partial charge in [-0.15, -0.1) is 0 Å². The Bertz CT molecular complexity index is 418. The fourth-order valence-electron chi connectivity index (χ4n) is 1.28. The summed E-state index contributed by atoms with van der Waals surface area (Å²) in [5.41, 5.74) is -0.450. The number of carboxylic acids is 1. The normalized spacial score (nSPS) is 13.4. The maximum absolute atomic E-state index is 11.5. The lowest BCUT2D eigenvalue weighted by Crippen LogP contribution is -2.51. The van der Waals surface area contributed by atoms with E-state index in [1.165, 1.54) is 6.92 Å². The molecule has 0 saturated heterocycles. The van der Waals surface area contributed by atoms with Gasteiger partial charge in [0.2, 0.25) is 0 Å². The zero-order chi connectivity index (χ0) is 13.6. The monoisotopic (exact) mass is 251 g/mol. The molecule has 18 heavy (non-hydrogen) atoms. The van der Waals surface area contributed by atoms with Crippen LogP contribution in [0, 0.1) is 0 Å². The lowest BCUT2D eigenvalue weighted by atomic mass is 10.00. The van der Waals surface area contributed by atoms with E-state index in [1.54, 1.807) is 6.92 Å². The second-order valence-corrected chi connectivity index (χ2v) is 4.18. The number of ether oxygens (including phenoxy) is 1. The number of hydrogen-bond acceptors (Lipinski definition) is 3. The number of benzene rings is 1. The van der Waals surface area contributed by atoms with E-state index in [0.717, 1.165) is 5.56 Å². The zero-order valence-corrected chi connectivity index (χ0v) is 10.5.